The van der Waals surface area contributed by atoms with Crippen LogP contribution in [-0.4, -0.2) is 5.78 Å². The number of carbonyl (C=O) groups excluding carboxylic acids is 1. The molecule has 2 aromatic heterocycles. The minimum atomic E-state index is 0.215. The largest absolute Gasteiger partial charge is 0.294 e. The second-order valence-electron chi connectivity index (χ2n) is 9.45. The van der Waals surface area contributed by atoms with E-state index in [-0.39, 0.29) is 5.78 Å². The maximum atomic E-state index is 12.2. The Balaban J connectivity index is 1.66. The minimum absolute atomic E-state index is 0.215. The zero-order chi connectivity index (χ0) is 19.8. The highest BCUT2D eigenvalue weighted by Gasteiger charge is 2.25. The first kappa shape index (κ1) is 19.8. The molecule has 2 aliphatic rings. The number of carbonyl (C=O) groups is 1. The molecule has 0 amide bonds. The van der Waals surface area contributed by atoms with Crippen molar-refractivity contribution in [3.63, 3.8) is 0 Å². The second kappa shape index (κ2) is 8.51. The standard InChI is InChI=1S/C26H32OS2/c1-17(27)24-16-23-20-12-13-28-25(20)21(14-18-8-4-2-5-9-18)22(26(23)29-24)15-19-10-6-3-7-11-19/h12-13,16,18-19H,2-11,14-15H2,1H3. The van der Waals surface area contributed by atoms with E-state index in [0.717, 1.165) is 16.7 Å². The van der Waals surface area contributed by atoms with Crippen molar-refractivity contribution in [3.8, 4) is 0 Å². The molecule has 5 rings (SSSR count). The lowest BCUT2D eigenvalue weighted by molar-refractivity contribution is 0.102. The summed E-state index contributed by atoms with van der Waals surface area (Å²) in [6.45, 7) is 1.72. The van der Waals surface area contributed by atoms with Crippen molar-refractivity contribution < 1.29 is 4.79 Å². The molecule has 0 unspecified atom stereocenters. The normalized spacial score (nSPS) is 19.3. The summed E-state index contributed by atoms with van der Waals surface area (Å²) in [5.74, 6) is 1.90. The van der Waals surface area contributed by atoms with Crippen LogP contribution in [0.4, 0.5) is 0 Å². The van der Waals surface area contributed by atoms with Gasteiger partial charge in [-0.3, -0.25) is 4.79 Å². The number of ketones is 1. The molecule has 2 saturated carbocycles. The Kier molecular flexibility index (Phi) is 5.80. The van der Waals surface area contributed by atoms with Crippen LogP contribution < -0.4 is 0 Å². The lowest BCUT2D eigenvalue weighted by Gasteiger charge is -2.26. The molecule has 3 heteroatoms. The molecule has 2 aliphatic carbocycles. The number of hydrogen-bond acceptors (Lipinski definition) is 3. The second-order valence-corrected chi connectivity index (χ2v) is 11.4. The predicted octanol–water partition coefficient (Wildman–Crippen LogP) is 8.56. The molecule has 3 aromatic rings. The fraction of sp³-hybridized carbons (Fsp3) is 0.577. The first-order valence-electron chi connectivity index (χ1n) is 11.7. The summed E-state index contributed by atoms with van der Waals surface area (Å²) in [5, 5.41) is 5.01. The molecule has 2 heterocycles. The molecular formula is C26H32OS2. The van der Waals surface area contributed by atoms with Crippen LogP contribution in [0.1, 0.15) is 91.9 Å². The third-order valence-corrected chi connectivity index (χ3v) is 9.65. The molecule has 0 N–H and O–H groups in total. The summed E-state index contributed by atoms with van der Waals surface area (Å²) >= 11 is 3.70. The summed E-state index contributed by atoms with van der Waals surface area (Å²) < 4.78 is 2.94. The zero-order valence-electron chi connectivity index (χ0n) is 17.6. The number of Topliss-reactive ketones (excluding diaryl/α,β-unsaturated/α-hetero) is 1. The van der Waals surface area contributed by atoms with Crippen molar-refractivity contribution in [1.29, 1.82) is 0 Å². The van der Waals surface area contributed by atoms with E-state index in [1.165, 1.54) is 97.2 Å². The van der Waals surface area contributed by atoms with E-state index < -0.39 is 0 Å². The smallest absolute Gasteiger partial charge is 0.169 e. The zero-order valence-corrected chi connectivity index (χ0v) is 19.2. The molecule has 29 heavy (non-hydrogen) atoms. The third-order valence-electron chi connectivity index (χ3n) is 7.38. The molecule has 2 fully saturated rings. The average molecular weight is 425 g/mol. The molecule has 0 aliphatic heterocycles. The summed E-state index contributed by atoms with van der Waals surface area (Å²) in [5.41, 5.74) is 3.27. The van der Waals surface area contributed by atoms with Crippen molar-refractivity contribution in [2.24, 2.45) is 11.8 Å². The Morgan fingerprint density at radius 3 is 2.03 bits per heavy atom. The van der Waals surface area contributed by atoms with Crippen molar-refractivity contribution >= 4 is 48.6 Å². The van der Waals surface area contributed by atoms with Gasteiger partial charge in [-0.2, -0.15) is 0 Å². The first-order valence-corrected chi connectivity index (χ1v) is 13.4. The molecule has 0 bridgehead atoms. The van der Waals surface area contributed by atoms with Crippen LogP contribution in [0.25, 0.3) is 20.2 Å². The van der Waals surface area contributed by atoms with E-state index in [9.17, 15) is 4.79 Å². The van der Waals surface area contributed by atoms with Gasteiger partial charge in [-0.05, 0) is 60.2 Å². The molecule has 0 radical (unpaired) electrons. The van der Waals surface area contributed by atoms with Gasteiger partial charge in [0, 0.05) is 20.2 Å². The molecule has 1 aromatic carbocycles. The van der Waals surface area contributed by atoms with Gasteiger partial charge < -0.3 is 0 Å². The minimum Gasteiger partial charge on any atom is -0.294 e. The number of hydrogen-bond donors (Lipinski definition) is 0. The van der Waals surface area contributed by atoms with Gasteiger partial charge in [0.2, 0.25) is 0 Å². The highest BCUT2D eigenvalue weighted by molar-refractivity contribution is 7.22. The summed E-state index contributed by atoms with van der Waals surface area (Å²) in [7, 11) is 0. The Morgan fingerprint density at radius 1 is 0.862 bits per heavy atom. The van der Waals surface area contributed by atoms with Gasteiger partial charge >= 0.3 is 0 Å². The fourth-order valence-corrected chi connectivity index (χ4v) is 7.95. The maximum Gasteiger partial charge on any atom is 0.169 e. The summed E-state index contributed by atoms with van der Waals surface area (Å²) in [6, 6.07) is 4.49. The van der Waals surface area contributed by atoms with Gasteiger partial charge in [-0.25, -0.2) is 0 Å². The highest BCUT2D eigenvalue weighted by atomic mass is 32.1. The number of rotatable bonds is 5. The molecular weight excluding hydrogens is 392 g/mol. The van der Waals surface area contributed by atoms with Crippen LogP contribution in [0.5, 0.6) is 0 Å². The van der Waals surface area contributed by atoms with Crippen LogP contribution in [0.15, 0.2) is 17.5 Å². The third kappa shape index (κ3) is 3.93. The van der Waals surface area contributed by atoms with Crippen LogP contribution in [0.3, 0.4) is 0 Å². The first-order chi connectivity index (χ1) is 14.2. The van der Waals surface area contributed by atoms with Gasteiger partial charge in [-0.1, -0.05) is 64.2 Å². The van der Waals surface area contributed by atoms with E-state index in [1.54, 1.807) is 29.4 Å². The van der Waals surface area contributed by atoms with E-state index in [0.29, 0.717) is 0 Å². The van der Waals surface area contributed by atoms with Crippen molar-refractivity contribution in [3.05, 3.63) is 33.5 Å². The summed E-state index contributed by atoms with van der Waals surface area (Å²) in [6.07, 6.45) is 16.5. The highest BCUT2D eigenvalue weighted by Crippen LogP contribution is 2.44. The number of fused-ring (bicyclic) bond motifs is 3. The summed E-state index contributed by atoms with van der Waals surface area (Å²) in [4.78, 5) is 13.1. The van der Waals surface area contributed by atoms with Crippen molar-refractivity contribution in [1.82, 2.24) is 0 Å². The van der Waals surface area contributed by atoms with Gasteiger partial charge in [0.1, 0.15) is 0 Å². The van der Waals surface area contributed by atoms with Crippen molar-refractivity contribution in [2.75, 3.05) is 0 Å². The molecule has 154 valence electrons. The van der Waals surface area contributed by atoms with Gasteiger partial charge in [0.25, 0.3) is 0 Å². The Bertz CT molecular complexity index is 1010. The molecule has 1 nitrogen and oxygen atoms in total. The fourth-order valence-electron chi connectivity index (χ4n) is 5.81. The van der Waals surface area contributed by atoms with Gasteiger partial charge in [-0.15, -0.1) is 22.7 Å². The van der Waals surface area contributed by atoms with Crippen LogP contribution in [-0.2, 0) is 12.8 Å². The molecule has 0 saturated heterocycles. The van der Waals surface area contributed by atoms with Crippen LogP contribution in [0.2, 0.25) is 0 Å². The van der Waals surface area contributed by atoms with E-state index in [1.807, 2.05) is 11.3 Å². The van der Waals surface area contributed by atoms with E-state index in [2.05, 4.69) is 17.5 Å². The Morgan fingerprint density at radius 2 is 1.45 bits per heavy atom. The Hall–Kier alpha value is -1.19. The topological polar surface area (TPSA) is 17.1 Å². The number of thiophene rings is 2. The van der Waals surface area contributed by atoms with Crippen LogP contribution in [0, 0.1) is 11.8 Å². The van der Waals surface area contributed by atoms with Gasteiger partial charge in [0.15, 0.2) is 5.78 Å². The van der Waals surface area contributed by atoms with E-state index in [4.69, 9.17) is 0 Å². The predicted molar refractivity (Wildman–Crippen MR) is 128 cm³/mol. The quantitative estimate of drug-likeness (QED) is 0.375. The van der Waals surface area contributed by atoms with Gasteiger partial charge in [0.05, 0.1) is 4.88 Å². The van der Waals surface area contributed by atoms with Crippen molar-refractivity contribution in [2.45, 2.75) is 84.0 Å². The molecule has 0 atom stereocenters. The number of benzene rings is 1. The SMILES string of the molecule is CC(=O)c1cc2c(s1)c(CC1CCCCC1)c(CC1CCCCC1)c1sccc12. The van der Waals surface area contributed by atoms with E-state index >= 15 is 0 Å². The lowest BCUT2D eigenvalue weighted by Crippen LogP contribution is -2.14. The monoisotopic (exact) mass is 424 g/mol. The van der Waals surface area contributed by atoms with Crippen LogP contribution >= 0.6 is 22.7 Å². The average Bonchev–Trinajstić information content (AvgIpc) is 3.39. The molecule has 0 spiro atoms. The Labute approximate surface area is 182 Å². The maximum absolute atomic E-state index is 12.2. The lowest BCUT2D eigenvalue weighted by atomic mass is 9.80.